The number of anilines is 1. The number of halogens is 6. The molecule has 1 atom stereocenters. The monoisotopic (exact) mass is 622 g/mol. The molecule has 1 aliphatic heterocycles. The normalized spacial score (nSPS) is 16.0. The molecule has 15 heteroatoms. The van der Waals surface area contributed by atoms with Crippen molar-refractivity contribution < 1.29 is 35.9 Å². The van der Waals surface area contributed by atoms with Crippen molar-refractivity contribution in [1.29, 1.82) is 0 Å². The summed E-state index contributed by atoms with van der Waals surface area (Å²) in [7, 11) is 0. The van der Waals surface area contributed by atoms with Crippen molar-refractivity contribution in [3.63, 3.8) is 0 Å². The molecule has 226 valence electrons. The number of thiazole rings is 1. The zero-order chi connectivity index (χ0) is 31.1. The number of nitrogens with one attached hydrogen (secondary N) is 1. The van der Waals surface area contributed by atoms with Crippen molar-refractivity contribution in [3.8, 4) is 16.4 Å². The second-order valence-electron chi connectivity index (χ2n) is 9.96. The zero-order valence-electron chi connectivity index (χ0n) is 22.7. The highest BCUT2D eigenvalue weighted by molar-refractivity contribution is 7.12. The number of urea groups is 1. The highest BCUT2D eigenvalue weighted by Crippen LogP contribution is 2.37. The molecule has 0 aliphatic carbocycles. The van der Waals surface area contributed by atoms with Gasteiger partial charge in [0.05, 0.1) is 34.3 Å². The minimum atomic E-state index is -5.05. The maximum absolute atomic E-state index is 13.4. The predicted molar refractivity (Wildman–Crippen MR) is 147 cm³/mol. The van der Waals surface area contributed by atoms with Crippen molar-refractivity contribution in [2.24, 2.45) is 0 Å². The van der Waals surface area contributed by atoms with Gasteiger partial charge < -0.3 is 15.1 Å². The second-order valence-corrected chi connectivity index (χ2v) is 10.8. The molecule has 0 radical (unpaired) electrons. The largest absolute Gasteiger partial charge is 0.416 e. The molecule has 1 fully saturated rings. The number of amides is 3. The van der Waals surface area contributed by atoms with Crippen LogP contribution in [0.2, 0.25) is 0 Å². The first-order valence-electron chi connectivity index (χ1n) is 12.9. The third-order valence-electron chi connectivity index (χ3n) is 7.00. The SMILES string of the molecule is Cc1c(C(=O)N2CCN(C(=O)Nc3cc(C(F)(F)F)cc(C(F)(F)F)c3)C(C)C2)cnn1-c1nc(-c2ccccc2)cs1. The molecule has 3 heterocycles. The lowest BCUT2D eigenvalue weighted by atomic mass is 10.1. The molecule has 1 unspecified atom stereocenters. The molecule has 8 nitrogen and oxygen atoms in total. The number of carbonyl (C=O) groups excluding carboxylic acids is 2. The number of aromatic nitrogens is 3. The molecule has 2 aromatic heterocycles. The Hall–Kier alpha value is -4.40. The highest BCUT2D eigenvalue weighted by Gasteiger charge is 2.38. The maximum Gasteiger partial charge on any atom is 0.416 e. The fraction of sp³-hybridized carbons (Fsp3) is 0.286. The van der Waals surface area contributed by atoms with Crippen LogP contribution in [0.1, 0.15) is 34.1 Å². The van der Waals surface area contributed by atoms with Crippen LogP contribution in [-0.2, 0) is 12.4 Å². The van der Waals surface area contributed by atoms with Crippen LogP contribution in [0.25, 0.3) is 16.4 Å². The van der Waals surface area contributed by atoms with Crippen LogP contribution >= 0.6 is 11.3 Å². The Balaban J connectivity index is 1.27. The van der Waals surface area contributed by atoms with Gasteiger partial charge in [0.15, 0.2) is 0 Å². The number of hydrogen-bond acceptors (Lipinski definition) is 5. The number of hydrogen-bond donors (Lipinski definition) is 1. The quantitative estimate of drug-likeness (QED) is 0.256. The fourth-order valence-corrected chi connectivity index (χ4v) is 5.59. The summed E-state index contributed by atoms with van der Waals surface area (Å²) in [6, 6.07) is 9.00. The Kier molecular flexibility index (Phi) is 7.94. The molecule has 3 amide bonds. The average Bonchev–Trinajstić information content (AvgIpc) is 3.58. The van der Waals surface area contributed by atoms with Gasteiger partial charge in [-0.1, -0.05) is 30.3 Å². The van der Waals surface area contributed by atoms with Crippen LogP contribution in [0.15, 0.2) is 60.1 Å². The Labute approximate surface area is 245 Å². The zero-order valence-corrected chi connectivity index (χ0v) is 23.5. The van der Waals surface area contributed by atoms with Gasteiger partial charge in [-0.25, -0.2) is 14.5 Å². The minimum Gasteiger partial charge on any atom is -0.335 e. The third-order valence-corrected chi connectivity index (χ3v) is 7.81. The molecule has 43 heavy (non-hydrogen) atoms. The van der Waals surface area contributed by atoms with Crippen LogP contribution in [0.5, 0.6) is 0 Å². The van der Waals surface area contributed by atoms with Crippen molar-refractivity contribution in [2.75, 3.05) is 25.0 Å². The lowest BCUT2D eigenvalue weighted by molar-refractivity contribution is -0.143. The summed E-state index contributed by atoms with van der Waals surface area (Å²) in [5, 5.41) is 8.97. The molecule has 0 bridgehead atoms. The van der Waals surface area contributed by atoms with Crippen molar-refractivity contribution in [1.82, 2.24) is 24.6 Å². The number of nitrogens with zero attached hydrogens (tertiary/aromatic N) is 5. The number of carbonyl (C=O) groups is 2. The summed E-state index contributed by atoms with van der Waals surface area (Å²) in [5.74, 6) is -0.330. The topological polar surface area (TPSA) is 83.4 Å². The standard InChI is InChI=1S/C28H24F6N6O2S/c1-16-14-38(8-9-39(16)25(42)36-21-11-19(27(29,30)31)10-20(12-21)28(32,33)34)24(41)22-13-35-40(17(22)2)26-37-23(15-43-26)18-6-4-3-5-7-18/h3-7,10-13,15-16H,8-9,14H2,1-2H3,(H,36,42). The van der Waals surface area contributed by atoms with E-state index in [0.717, 1.165) is 11.3 Å². The number of alkyl halides is 6. The summed E-state index contributed by atoms with van der Waals surface area (Å²) in [5.41, 5.74) is -1.10. The first-order valence-corrected chi connectivity index (χ1v) is 13.8. The van der Waals surface area contributed by atoms with Gasteiger partial charge in [-0.3, -0.25) is 4.79 Å². The second kappa shape index (κ2) is 11.4. The smallest absolute Gasteiger partial charge is 0.335 e. The van der Waals surface area contributed by atoms with Crippen LogP contribution in [0.3, 0.4) is 0 Å². The van der Waals surface area contributed by atoms with E-state index in [1.165, 1.54) is 27.3 Å². The van der Waals surface area contributed by atoms with E-state index in [9.17, 15) is 35.9 Å². The van der Waals surface area contributed by atoms with E-state index in [1.54, 1.807) is 18.5 Å². The van der Waals surface area contributed by atoms with Gasteiger partial charge in [-0.2, -0.15) is 31.4 Å². The van der Waals surface area contributed by atoms with E-state index in [2.05, 4.69) is 15.4 Å². The molecular weight excluding hydrogens is 598 g/mol. The van der Waals surface area contributed by atoms with Crippen molar-refractivity contribution in [2.45, 2.75) is 32.2 Å². The van der Waals surface area contributed by atoms with E-state index in [0.29, 0.717) is 28.5 Å². The lowest BCUT2D eigenvalue weighted by Gasteiger charge is -2.39. The van der Waals surface area contributed by atoms with Gasteiger partial charge >= 0.3 is 18.4 Å². The summed E-state index contributed by atoms with van der Waals surface area (Å²) in [4.78, 5) is 33.7. The summed E-state index contributed by atoms with van der Waals surface area (Å²) >= 11 is 1.37. The predicted octanol–water partition coefficient (Wildman–Crippen LogP) is 6.72. The molecule has 0 spiro atoms. The minimum absolute atomic E-state index is 0.00390. The highest BCUT2D eigenvalue weighted by atomic mass is 32.1. The molecular formula is C28H24F6N6O2S. The fourth-order valence-electron chi connectivity index (χ4n) is 4.75. The van der Waals surface area contributed by atoms with Gasteiger partial charge in [-0.15, -0.1) is 11.3 Å². The Morgan fingerprint density at radius 3 is 2.23 bits per heavy atom. The molecule has 5 rings (SSSR count). The summed E-state index contributed by atoms with van der Waals surface area (Å²) < 4.78 is 80.8. The first kappa shape index (κ1) is 30.1. The van der Waals surface area contributed by atoms with Crippen molar-refractivity contribution >= 4 is 29.0 Å². The summed E-state index contributed by atoms with van der Waals surface area (Å²) in [6.45, 7) is 3.55. The Morgan fingerprint density at radius 2 is 1.63 bits per heavy atom. The van der Waals surface area contributed by atoms with E-state index >= 15 is 0 Å². The molecule has 1 N–H and O–H groups in total. The molecule has 0 saturated carbocycles. The van der Waals surface area contributed by atoms with E-state index in [-0.39, 0.29) is 31.6 Å². The lowest BCUT2D eigenvalue weighted by Crippen LogP contribution is -2.56. The van der Waals surface area contributed by atoms with Crippen LogP contribution in [0.4, 0.5) is 36.8 Å². The van der Waals surface area contributed by atoms with Crippen molar-refractivity contribution in [3.05, 3.63) is 82.5 Å². The van der Waals surface area contributed by atoms with Gasteiger partial charge in [0.1, 0.15) is 0 Å². The first-order chi connectivity index (χ1) is 20.2. The van der Waals surface area contributed by atoms with Crippen LogP contribution < -0.4 is 5.32 Å². The maximum atomic E-state index is 13.4. The molecule has 1 saturated heterocycles. The van der Waals surface area contributed by atoms with Gasteiger partial charge in [0, 0.05) is 42.3 Å². The average molecular weight is 623 g/mol. The van der Waals surface area contributed by atoms with Crippen LogP contribution in [-0.4, -0.2) is 62.2 Å². The van der Waals surface area contributed by atoms with E-state index < -0.39 is 41.2 Å². The van der Waals surface area contributed by atoms with Gasteiger partial charge in [0.2, 0.25) is 5.13 Å². The molecule has 1 aliphatic rings. The Morgan fingerprint density at radius 1 is 0.977 bits per heavy atom. The molecule has 2 aromatic carbocycles. The van der Waals surface area contributed by atoms with Gasteiger partial charge in [0.25, 0.3) is 5.91 Å². The summed E-state index contributed by atoms with van der Waals surface area (Å²) in [6.07, 6.45) is -8.65. The van der Waals surface area contributed by atoms with Crippen LogP contribution in [0, 0.1) is 6.92 Å². The number of piperazine rings is 1. The molecule has 4 aromatic rings. The number of rotatable bonds is 4. The number of benzene rings is 2. The van der Waals surface area contributed by atoms with Gasteiger partial charge in [-0.05, 0) is 32.0 Å². The van der Waals surface area contributed by atoms with E-state index in [1.807, 2.05) is 35.7 Å². The third kappa shape index (κ3) is 6.35. The van der Waals surface area contributed by atoms with E-state index in [4.69, 9.17) is 0 Å². The Bertz CT molecular complexity index is 1620.